The summed E-state index contributed by atoms with van der Waals surface area (Å²) in [5.74, 6) is -0.327. The van der Waals surface area contributed by atoms with Crippen LogP contribution in [-0.2, 0) is 9.47 Å². The Kier molecular flexibility index (Phi) is 4.24. The molecule has 0 unspecified atom stereocenters. The molecule has 5 nitrogen and oxygen atoms in total. The van der Waals surface area contributed by atoms with E-state index in [9.17, 15) is 4.79 Å². The maximum Gasteiger partial charge on any atom is 0.341 e. The summed E-state index contributed by atoms with van der Waals surface area (Å²) < 4.78 is 10.7. The van der Waals surface area contributed by atoms with Crippen LogP contribution in [0.25, 0.3) is 21.7 Å². The van der Waals surface area contributed by atoms with Crippen molar-refractivity contribution in [1.29, 1.82) is 0 Å². The monoisotopic (exact) mass is 336 g/mol. The Morgan fingerprint density at radius 2 is 1.96 bits per heavy atom. The van der Waals surface area contributed by atoms with Crippen molar-refractivity contribution in [3.05, 3.63) is 48.2 Å². The summed E-state index contributed by atoms with van der Waals surface area (Å²) >= 11 is 0. The van der Waals surface area contributed by atoms with Crippen LogP contribution in [0.2, 0.25) is 0 Å². The number of morpholine rings is 1. The Hall–Kier alpha value is -2.66. The standard InChI is InChI=1S/C20H20N2O3/c1-2-25-20(23)17-13-21-18-15-6-4-3-5-14(15)7-8-16(18)19(17)22-9-11-24-12-10-22/h3-8,13H,2,9-12H2,1H3. The number of hydrogen-bond donors (Lipinski definition) is 0. The van der Waals surface area contributed by atoms with Gasteiger partial charge in [0.05, 0.1) is 31.0 Å². The fourth-order valence-electron chi connectivity index (χ4n) is 3.41. The van der Waals surface area contributed by atoms with Crippen LogP contribution in [0.4, 0.5) is 5.69 Å². The summed E-state index contributed by atoms with van der Waals surface area (Å²) in [4.78, 5) is 19.3. The van der Waals surface area contributed by atoms with Crippen molar-refractivity contribution in [2.75, 3.05) is 37.8 Å². The van der Waals surface area contributed by atoms with Crippen LogP contribution in [0.1, 0.15) is 17.3 Å². The number of pyridine rings is 1. The van der Waals surface area contributed by atoms with Gasteiger partial charge in [-0.3, -0.25) is 4.98 Å². The van der Waals surface area contributed by atoms with Gasteiger partial charge in [-0.1, -0.05) is 36.4 Å². The van der Waals surface area contributed by atoms with Crippen LogP contribution in [-0.4, -0.2) is 43.9 Å². The number of rotatable bonds is 3. The third kappa shape index (κ3) is 2.81. The minimum absolute atomic E-state index is 0.327. The molecule has 0 bridgehead atoms. The van der Waals surface area contributed by atoms with E-state index in [1.165, 1.54) is 0 Å². The molecule has 2 heterocycles. The minimum Gasteiger partial charge on any atom is -0.462 e. The van der Waals surface area contributed by atoms with E-state index in [0.29, 0.717) is 25.4 Å². The van der Waals surface area contributed by atoms with Gasteiger partial charge < -0.3 is 14.4 Å². The molecule has 0 aliphatic carbocycles. The maximum atomic E-state index is 12.5. The fourth-order valence-corrected chi connectivity index (χ4v) is 3.41. The number of hydrogen-bond acceptors (Lipinski definition) is 5. The molecule has 1 aromatic heterocycles. The molecular formula is C20H20N2O3. The summed E-state index contributed by atoms with van der Waals surface area (Å²) in [6.07, 6.45) is 1.65. The van der Waals surface area contributed by atoms with Gasteiger partial charge in [-0.15, -0.1) is 0 Å². The van der Waals surface area contributed by atoms with E-state index in [0.717, 1.165) is 40.5 Å². The number of fused-ring (bicyclic) bond motifs is 3. The van der Waals surface area contributed by atoms with Crippen molar-refractivity contribution in [2.45, 2.75) is 6.92 Å². The molecule has 5 heteroatoms. The first-order valence-electron chi connectivity index (χ1n) is 8.60. The Morgan fingerprint density at radius 1 is 1.16 bits per heavy atom. The number of anilines is 1. The van der Waals surface area contributed by atoms with Gasteiger partial charge >= 0.3 is 5.97 Å². The molecular weight excluding hydrogens is 316 g/mol. The molecule has 1 saturated heterocycles. The second-order valence-corrected chi connectivity index (χ2v) is 6.02. The number of ether oxygens (including phenoxy) is 2. The Labute approximate surface area is 146 Å². The topological polar surface area (TPSA) is 51.7 Å². The molecule has 0 saturated carbocycles. The minimum atomic E-state index is -0.327. The maximum absolute atomic E-state index is 12.5. The molecule has 0 atom stereocenters. The van der Waals surface area contributed by atoms with Crippen molar-refractivity contribution in [2.24, 2.45) is 0 Å². The number of benzene rings is 2. The van der Waals surface area contributed by atoms with E-state index >= 15 is 0 Å². The predicted molar refractivity (Wildman–Crippen MR) is 98.2 cm³/mol. The summed E-state index contributed by atoms with van der Waals surface area (Å²) in [5, 5.41) is 3.20. The van der Waals surface area contributed by atoms with Gasteiger partial charge in [0.1, 0.15) is 5.56 Å². The number of carbonyl (C=O) groups is 1. The van der Waals surface area contributed by atoms with E-state index in [2.05, 4.69) is 34.1 Å². The average Bonchev–Trinajstić information content (AvgIpc) is 2.67. The first-order valence-corrected chi connectivity index (χ1v) is 8.60. The van der Waals surface area contributed by atoms with Crippen molar-refractivity contribution < 1.29 is 14.3 Å². The second-order valence-electron chi connectivity index (χ2n) is 6.02. The van der Waals surface area contributed by atoms with E-state index in [-0.39, 0.29) is 5.97 Å². The Morgan fingerprint density at radius 3 is 2.76 bits per heavy atom. The zero-order chi connectivity index (χ0) is 17.2. The Balaban J connectivity index is 1.98. The van der Waals surface area contributed by atoms with Crippen molar-refractivity contribution in [3.63, 3.8) is 0 Å². The molecule has 0 radical (unpaired) electrons. The summed E-state index contributed by atoms with van der Waals surface area (Å²) in [7, 11) is 0. The largest absolute Gasteiger partial charge is 0.462 e. The lowest BCUT2D eigenvalue weighted by Crippen LogP contribution is -2.37. The summed E-state index contributed by atoms with van der Waals surface area (Å²) in [6, 6.07) is 12.3. The summed E-state index contributed by atoms with van der Waals surface area (Å²) in [5.41, 5.74) is 2.33. The highest BCUT2D eigenvalue weighted by atomic mass is 16.5. The number of carbonyl (C=O) groups excluding carboxylic acids is 1. The van der Waals surface area contributed by atoms with Crippen LogP contribution in [0.3, 0.4) is 0 Å². The lowest BCUT2D eigenvalue weighted by atomic mass is 10.0. The van der Waals surface area contributed by atoms with Crippen LogP contribution in [0.5, 0.6) is 0 Å². The average molecular weight is 336 g/mol. The third-order valence-corrected chi connectivity index (χ3v) is 4.56. The third-order valence-electron chi connectivity index (χ3n) is 4.56. The van der Waals surface area contributed by atoms with Crippen LogP contribution >= 0.6 is 0 Å². The number of nitrogens with zero attached hydrogens (tertiary/aromatic N) is 2. The zero-order valence-electron chi connectivity index (χ0n) is 14.2. The highest BCUT2D eigenvalue weighted by Crippen LogP contribution is 2.34. The van der Waals surface area contributed by atoms with E-state index in [4.69, 9.17) is 9.47 Å². The number of aromatic nitrogens is 1. The molecule has 1 aliphatic heterocycles. The van der Waals surface area contributed by atoms with E-state index in [1.54, 1.807) is 6.20 Å². The molecule has 0 amide bonds. The van der Waals surface area contributed by atoms with Crippen molar-refractivity contribution >= 4 is 33.3 Å². The second kappa shape index (κ2) is 6.69. The first-order chi connectivity index (χ1) is 12.3. The fraction of sp³-hybridized carbons (Fsp3) is 0.300. The predicted octanol–water partition coefficient (Wildman–Crippen LogP) is 3.40. The van der Waals surface area contributed by atoms with Crippen LogP contribution in [0, 0.1) is 0 Å². The van der Waals surface area contributed by atoms with Crippen molar-refractivity contribution in [3.8, 4) is 0 Å². The quantitative estimate of drug-likeness (QED) is 0.542. The van der Waals surface area contributed by atoms with E-state index in [1.807, 2.05) is 19.1 Å². The molecule has 2 aromatic carbocycles. The van der Waals surface area contributed by atoms with Gasteiger partial charge in [0.2, 0.25) is 0 Å². The van der Waals surface area contributed by atoms with Crippen molar-refractivity contribution in [1.82, 2.24) is 4.98 Å². The molecule has 128 valence electrons. The normalized spacial score (nSPS) is 14.8. The van der Waals surface area contributed by atoms with Gasteiger partial charge in [0, 0.05) is 30.1 Å². The van der Waals surface area contributed by atoms with Crippen LogP contribution < -0.4 is 4.90 Å². The SMILES string of the molecule is CCOC(=O)c1cnc2c(ccc3ccccc32)c1N1CCOCC1. The molecule has 1 fully saturated rings. The van der Waals surface area contributed by atoms with Crippen LogP contribution in [0.15, 0.2) is 42.6 Å². The van der Waals surface area contributed by atoms with Gasteiger partial charge in [-0.25, -0.2) is 4.79 Å². The van der Waals surface area contributed by atoms with Gasteiger partial charge in [-0.2, -0.15) is 0 Å². The highest BCUT2D eigenvalue weighted by molar-refractivity contribution is 6.13. The Bertz CT molecular complexity index is 933. The highest BCUT2D eigenvalue weighted by Gasteiger charge is 2.23. The van der Waals surface area contributed by atoms with Gasteiger partial charge in [-0.05, 0) is 12.3 Å². The molecule has 0 spiro atoms. The lowest BCUT2D eigenvalue weighted by molar-refractivity contribution is 0.0526. The molecule has 1 aliphatic rings. The smallest absolute Gasteiger partial charge is 0.341 e. The zero-order valence-corrected chi connectivity index (χ0v) is 14.2. The van der Waals surface area contributed by atoms with Gasteiger partial charge in [0.25, 0.3) is 0 Å². The molecule has 4 rings (SSSR count). The number of esters is 1. The summed E-state index contributed by atoms with van der Waals surface area (Å²) in [6.45, 7) is 4.96. The molecule has 0 N–H and O–H groups in total. The first kappa shape index (κ1) is 15.8. The van der Waals surface area contributed by atoms with Gasteiger partial charge in [0.15, 0.2) is 0 Å². The lowest BCUT2D eigenvalue weighted by Gasteiger charge is -2.31. The molecule has 25 heavy (non-hydrogen) atoms. The van der Waals surface area contributed by atoms with E-state index < -0.39 is 0 Å². The molecule has 3 aromatic rings.